The maximum absolute atomic E-state index is 11.9. The van der Waals surface area contributed by atoms with Gasteiger partial charge in [0.25, 0.3) is 0 Å². The van der Waals surface area contributed by atoms with E-state index in [1.165, 1.54) is 0 Å². The lowest BCUT2D eigenvalue weighted by Gasteiger charge is -2.16. The number of aliphatic carboxylic acids is 1. The number of hydrogen-bond acceptors (Lipinski definition) is 4. The number of hydrogen-bond donors (Lipinski definition) is 1. The molecule has 1 N–H and O–H groups in total. The molecule has 1 aliphatic heterocycles. The summed E-state index contributed by atoms with van der Waals surface area (Å²) in [7, 11) is 1.61. The van der Waals surface area contributed by atoms with Crippen molar-refractivity contribution in [2.75, 3.05) is 13.7 Å². The van der Waals surface area contributed by atoms with Crippen molar-refractivity contribution in [1.29, 1.82) is 0 Å². The van der Waals surface area contributed by atoms with Gasteiger partial charge >= 0.3 is 5.97 Å². The highest BCUT2D eigenvalue weighted by molar-refractivity contribution is 5.86. The second kappa shape index (κ2) is 7.25. The van der Waals surface area contributed by atoms with Crippen LogP contribution in [0, 0.1) is 5.92 Å². The van der Waals surface area contributed by atoms with E-state index in [4.69, 9.17) is 14.6 Å². The third-order valence-electron chi connectivity index (χ3n) is 4.16. The Morgan fingerprint density at radius 2 is 1.64 bits per heavy atom. The number of rotatable bonds is 6. The van der Waals surface area contributed by atoms with E-state index in [0.717, 1.165) is 11.3 Å². The summed E-state index contributed by atoms with van der Waals surface area (Å²) < 4.78 is 10.9. The highest BCUT2D eigenvalue weighted by atomic mass is 16.5. The summed E-state index contributed by atoms with van der Waals surface area (Å²) in [6, 6.07) is 14.7. The van der Waals surface area contributed by atoms with Gasteiger partial charge in [0.15, 0.2) is 0 Å². The Hall–Kier alpha value is -3.02. The van der Waals surface area contributed by atoms with Crippen molar-refractivity contribution < 1.29 is 24.2 Å². The number of carboxylic acid groups (broad SMARTS) is 1. The van der Waals surface area contributed by atoms with E-state index in [1.54, 1.807) is 12.0 Å². The average Bonchev–Trinajstić information content (AvgIpc) is 2.98. The van der Waals surface area contributed by atoms with Crippen LogP contribution in [0.4, 0.5) is 0 Å². The normalized spacial score (nSPS) is 16.8. The topological polar surface area (TPSA) is 76.1 Å². The minimum Gasteiger partial charge on any atom is -0.497 e. The van der Waals surface area contributed by atoms with Gasteiger partial charge in [0.1, 0.15) is 17.2 Å². The minimum atomic E-state index is -0.918. The van der Waals surface area contributed by atoms with Gasteiger partial charge in [-0.05, 0) is 42.0 Å². The number of ether oxygens (including phenoxy) is 2. The minimum absolute atomic E-state index is 0.0774. The fourth-order valence-corrected chi connectivity index (χ4v) is 2.75. The van der Waals surface area contributed by atoms with Crippen LogP contribution in [0.5, 0.6) is 17.2 Å². The molecule has 0 aliphatic carbocycles. The van der Waals surface area contributed by atoms with Crippen molar-refractivity contribution in [3.63, 3.8) is 0 Å². The summed E-state index contributed by atoms with van der Waals surface area (Å²) in [4.78, 5) is 24.5. The summed E-state index contributed by atoms with van der Waals surface area (Å²) in [5.74, 6) is 0.505. The van der Waals surface area contributed by atoms with E-state index < -0.39 is 11.9 Å². The number of benzene rings is 2. The molecule has 0 aromatic heterocycles. The molecule has 2 aromatic rings. The quantitative estimate of drug-likeness (QED) is 0.874. The SMILES string of the molecule is COc1ccc(Oc2ccc(CN3CC(C(=O)O)CC3=O)cc2)cc1. The van der Waals surface area contributed by atoms with E-state index in [9.17, 15) is 9.59 Å². The van der Waals surface area contributed by atoms with E-state index >= 15 is 0 Å². The predicted molar refractivity (Wildman–Crippen MR) is 90.7 cm³/mol. The monoisotopic (exact) mass is 341 g/mol. The number of methoxy groups -OCH3 is 1. The molecule has 1 atom stereocenters. The molecule has 1 saturated heterocycles. The predicted octanol–water partition coefficient (Wildman–Crippen LogP) is 2.92. The first-order valence-electron chi connectivity index (χ1n) is 7.96. The molecular formula is C19H19NO5. The zero-order chi connectivity index (χ0) is 17.8. The number of carbonyl (C=O) groups excluding carboxylic acids is 1. The second-order valence-corrected chi connectivity index (χ2v) is 5.94. The van der Waals surface area contributed by atoms with Crippen LogP contribution in [0.3, 0.4) is 0 Å². The molecule has 25 heavy (non-hydrogen) atoms. The molecule has 0 saturated carbocycles. The lowest BCUT2D eigenvalue weighted by molar-refractivity contribution is -0.141. The molecule has 1 amide bonds. The van der Waals surface area contributed by atoms with Gasteiger partial charge in [0, 0.05) is 19.5 Å². The van der Waals surface area contributed by atoms with Gasteiger partial charge in [-0.15, -0.1) is 0 Å². The molecule has 6 heteroatoms. The standard InChI is InChI=1S/C19H19NO5/c1-24-15-6-8-17(9-7-15)25-16-4-2-13(3-5-16)11-20-12-14(19(22)23)10-18(20)21/h2-9,14H,10-12H2,1H3,(H,22,23). The summed E-state index contributed by atoms with van der Waals surface area (Å²) in [6.07, 6.45) is 0.0774. The van der Waals surface area contributed by atoms with E-state index in [1.807, 2.05) is 48.5 Å². The maximum Gasteiger partial charge on any atom is 0.308 e. The molecule has 6 nitrogen and oxygen atoms in total. The van der Waals surface area contributed by atoms with Crippen LogP contribution in [0.1, 0.15) is 12.0 Å². The molecule has 130 valence electrons. The smallest absolute Gasteiger partial charge is 0.308 e. The maximum atomic E-state index is 11.9. The van der Waals surface area contributed by atoms with Crippen LogP contribution in [0.2, 0.25) is 0 Å². The third kappa shape index (κ3) is 4.09. The van der Waals surface area contributed by atoms with Crippen molar-refractivity contribution in [2.24, 2.45) is 5.92 Å². The number of amides is 1. The highest BCUT2D eigenvalue weighted by Crippen LogP contribution is 2.25. The van der Waals surface area contributed by atoms with Crippen LogP contribution < -0.4 is 9.47 Å². The largest absolute Gasteiger partial charge is 0.497 e. The Kier molecular flexibility index (Phi) is 4.88. The van der Waals surface area contributed by atoms with Crippen molar-refractivity contribution in [2.45, 2.75) is 13.0 Å². The van der Waals surface area contributed by atoms with Crippen molar-refractivity contribution in [1.82, 2.24) is 4.90 Å². The summed E-state index contributed by atoms with van der Waals surface area (Å²) in [6.45, 7) is 0.670. The lowest BCUT2D eigenvalue weighted by Crippen LogP contribution is -2.25. The van der Waals surface area contributed by atoms with Crippen molar-refractivity contribution >= 4 is 11.9 Å². The van der Waals surface area contributed by atoms with Gasteiger partial charge < -0.3 is 19.5 Å². The van der Waals surface area contributed by atoms with E-state index in [0.29, 0.717) is 18.0 Å². The third-order valence-corrected chi connectivity index (χ3v) is 4.16. The molecule has 3 rings (SSSR count). The van der Waals surface area contributed by atoms with Gasteiger partial charge in [0.2, 0.25) is 5.91 Å². The van der Waals surface area contributed by atoms with Crippen molar-refractivity contribution in [3.8, 4) is 17.2 Å². The molecule has 1 heterocycles. The Bertz CT molecular complexity index is 754. The first-order valence-corrected chi connectivity index (χ1v) is 7.96. The zero-order valence-corrected chi connectivity index (χ0v) is 13.8. The van der Waals surface area contributed by atoms with Gasteiger partial charge in [-0.25, -0.2) is 0 Å². The van der Waals surface area contributed by atoms with Crippen LogP contribution in [-0.2, 0) is 16.1 Å². The Morgan fingerprint density at radius 1 is 1.08 bits per heavy atom. The second-order valence-electron chi connectivity index (χ2n) is 5.94. The molecule has 1 unspecified atom stereocenters. The van der Waals surface area contributed by atoms with Crippen LogP contribution >= 0.6 is 0 Å². The number of carboxylic acids is 1. The molecule has 1 aliphatic rings. The zero-order valence-electron chi connectivity index (χ0n) is 13.8. The van der Waals surface area contributed by atoms with Gasteiger partial charge in [0.05, 0.1) is 13.0 Å². The first kappa shape index (κ1) is 16.8. The molecule has 0 spiro atoms. The van der Waals surface area contributed by atoms with Gasteiger partial charge in [-0.2, -0.15) is 0 Å². The summed E-state index contributed by atoms with van der Waals surface area (Å²) in [5.41, 5.74) is 0.932. The Balaban J connectivity index is 1.60. The fourth-order valence-electron chi connectivity index (χ4n) is 2.75. The summed E-state index contributed by atoms with van der Waals surface area (Å²) >= 11 is 0. The van der Waals surface area contributed by atoms with Crippen LogP contribution in [0.25, 0.3) is 0 Å². The van der Waals surface area contributed by atoms with Gasteiger partial charge in [-0.1, -0.05) is 12.1 Å². The summed E-state index contributed by atoms with van der Waals surface area (Å²) in [5, 5.41) is 9.02. The average molecular weight is 341 g/mol. The first-order chi connectivity index (χ1) is 12.0. The van der Waals surface area contributed by atoms with E-state index in [-0.39, 0.29) is 18.9 Å². The van der Waals surface area contributed by atoms with Crippen LogP contribution in [-0.4, -0.2) is 35.5 Å². The number of carbonyl (C=O) groups is 2. The molecule has 1 fully saturated rings. The van der Waals surface area contributed by atoms with E-state index in [2.05, 4.69) is 0 Å². The number of likely N-dealkylation sites (tertiary alicyclic amines) is 1. The lowest BCUT2D eigenvalue weighted by atomic mass is 10.1. The van der Waals surface area contributed by atoms with Gasteiger partial charge in [-0.3, -0.25) is 9.59 Å². The molecular weight excluding hydrogens is 322 g/mol. The Labute approximate surface area is 145 Å². The molecule has 0 radical (unpaired) electrons. The van der Waals surface area contributed by atoms with Crippen LogP contribution in [0.15, 0.2) is 48.5 Å². The number of nitrogens with zero attached hydrogens (tertiary/aromatic N) is 1. The molecule has 2 aromatic carbocycles. The molecule has 0 bridgehead atoms. The van der Waals surface area contributed by atoms with Crippen molar-refractivity contribution in [3.05, 3.63) is 54.1 Å². The fraction of sp³-hybridized carbons (Fsp3) is 0.263. The Morgan fingerprint density at radius 3 is 2.16 bits per heavy atom. The highest BCUT2D eigenvalue weighted by Gasteiger charge is 2.33.